The van der Waals surface area contributed by atoms with Gasteiger partial charge >= 0.3 is 0 Å². The lowest BCUT2D eigenvalue weighted by molar-refractivity contribution is -0.116. The fraction of sp³-hybridized carbons (Fsp3) is 0.235. The maximum atomic E-state index is 12.6. The molecular weight excluding hydrogens is 380 g/mol. The van der Waals surface area contributed by atoms with Gasteiger partial charge in [0, 0.05) is 28.1 Å². The number of nitrogens with one attached hydrogen (secondary N) is 2. The quantitative estimate of drug-likeness (QED) is 0.827. The van der Waals surface area contributed by atoms with E-state index in [1.165, 1.54) is 6.07 Å². The van der Waals surface area contributed by atoms with Gasteiger partial charge in [0.05, 0.1) is 10.6 Å². The molecule has 0 radical (unpaired) electrons. The van der Waals surface area contributed by atoms with E-state index in [4.69, 9.17) is 11.6 Å². The Hall–Kier alpha value is -1.54. The maximum Gasteiger partial charge on any atom is 0.240 e. The van der Waals surface area contributed by atoms with E-state index >= 15 is 0 Å². The first-order valence-electron chi connectivity index (χ1n) is 7.69. The van der Waals surface area contributed by atoms with Crippen molar-refractivity contribution >= 4 is 45.0 Å². The van der Waals surface area contributed by atoms with E-state index in [1.54, 1.807) is 48.2 Å². The molecular formula is C17H17ClN2O3S2. The average Bonchev–Trinajstić information content (AvgIpc) is 2.69. The monoisotopic (exact) mass is 396 g/mol. The van der Waals surface area contributed by atoms with E-state index < -0.39 is 10.0 Å². The number of hydrogen-bond donors (Lipinski definition) is 2. The van der Waals surface area contributed by atoms with Gasteiger partial charge < -0.3 is 5.32 Å². The van der Waals surface area contributed by atoms with Crippen molar-refractivity contribution in [2.24, 2.45) is 0 Å². The fourth-order valence-electron chi connectivity index (χ4n) is 2.50. The molecule has 2 aromatic rings. The molecule has 0 fully saturated rings. The number of rotatable bonds is 4. The summed E-state index contributed by atoms with van der Waals surface area (Å²) in [5.74, 6) is -0.114. The van der Waals surface area contributed by atoms with E-state index in [0.29, 0.717) is 22.7 Å². The largest absolute Gasteiger partial charge is 0.325 e. The van der Waals surface area contributed by atoms with Crippen LogP contribution in [0.25, 0.3) is 0 Å². The molecule has 0 bridgehead atoms. The second-order valence-electron chi connectivity index (χ2n) is 5.75. The second-order valence-corrected chi connectivity index (χ2v) is 9.41. The predicted molar refractivity (Wildman–Crippen MR) is 100 cm³/mol. The van der Waals surface area contributed by atoms with Crippen molar-refractivity contribution < 1.29 is 13.2 Å². The molecule has 1 aliphatic rings. The molecule has 1 unspecified atom stereocenters. The molecule has 25 heavy (non-hydrogen) atoms. The van der Waals surface area contributed by atoms with Crippen LogP contribution in [0.3, 0.4) is 0 Å². The minimum Gasteiger partial charge on any atom is -0.325 e. The number of thioether (sulfide) groups is 1. The Kier molecular flexibility index (Phi) is 5.38. The summed E-state index contributed by atoms with van der Waals surface area (Å²) in [6.07, 6.45) is 0.395. The molecule has 0 aromatic heterocycles. The van der Waals surface area contributed by atoms with Crippen LogP contribution >= 0.6 is 23.4 Å². The highest BCUT2D eigenvalue weighted by Gasteiger charge is 2.22. The Morgan fingerprint density at radius 2 is 2.04 bits per heavy atom. The average molecular weight is 397 g/mol. The number of amides is 1. The summed E-state index contributed by atoms with van der Waals surface area (Å²) in [5.41, 5.74) is 1.22. The minimum absolute atomic E-state index is 0.0945. The summed E-state index contributed by atoms with van der Waals surface area (Å²) in [7, 11) is -3.72. The van der Waals surface area contributed by atoms with Crippen molar-refractivity contribution in [3.8, 4) is 0 Å². The summed E-state index contributed by atoms with van der Waals surface area (Å²) in [6, 6.07) is 11.8. The van der Waals surface area contributed by atoms with Gasteiger partial charge in [0.25, 0.3) is 0 Å². The van der Waals surface area contributed by atoms with Crippen molar-refractivity contribution in [1.82, 2.24) is 4.72 Å². The van der Waals surface area contributed by atoms with E-state index in [9.17, 15) is 13.2 Å². The fourth-order valence-corrected chi connectivity index (χ4v) is 4.78. The molecule has 5 nitrogen and oxygen atoms in total. The third-order valence-corrected chi connectivity index (χ3v) is 6.69. The number of benzene rings is 2. The highest BCUT2D eigenvalue weighted by Crippen LogP contribution is 2.36. The Labute approximate surface area is 156 Å². The molecule has 0 saturated carbocycles. The zero-order valence-electron chi connectivity index (χ0n) is 13.5. The number of hydrogen-bond acceptors (Lipinski definition) is 4. The standard InChI is InChI=1S/C17H17ClN2O3S2/c1-11-8-17(21)20-15-9-13(6-7-16(15)24-11)25(22,23)19-10-12-4-2-3-5-14(12)18/h2-7,9,11,19H,8,10H2,1H3,(H,20,21). The van der Waals surface area contributed by atoms with E-state index in [1.807, 2.05) is 6.92 Å². The molecule has 1 atom stereocenters. The van der Waals surface area contributed by atoms with Crippen LogP contribution < -0.4 is 10.0 Å². The lowest BCUT2D eigenvalue weighted by Gasteiger charge is -2.12. The van der Waals surface area contributed by atoms with Crippen molar-refractivity contribution in [3.63, 3.8) is 0 Å². The van der Waals surface area contributed by atoms with Gasteiger partial charge in [0.2, 0.25) is 15.9 Å². The first-order valence-corrected chi connectivity index (χ1v) is 10.4. The molecule has 2 N–H and O–H groups in total. The zero-order valence-corrected chi connectivity index (χ0v) is 15.8. The summed E-state index contributed by atoms with van der Waals surface area (Å²) >= 11 is 7.61. The highest BCUT2D eigenvalue weighted by atomic mass is 35.5. The van der Waals surface area contributed by atoms with Crippen LogP contribution in [0.15, 0.2) is 52.3 Å². The Balaban J connectivity index is 1.83. The Morgan fingerprint density at radius 1 is 1.28 bits per heavy atom. The maximum absolute atomic E-state index is 12.6. The molecule has 132 valence electrons. The minimum atomic E-state index is -3.72. The number of carbonyl (C=O) groups excluding carboxylic acids is 1. The van der Waals surface area contributed by atoms with Gasteiger partial charge in [-0.2, -0.15) is 0 Å². The number of fused-ring (bicyclic) bond motifs is 1. The van der Waals surface area contributed by atoms with Crippen LogP contribution in [-0.2, 0) is 21.4 Å². The van der Waals surface area contributed by atoms with Gasteiger partial charge in [0.1, 0.15) is 0 Å². The summed E-state index contributed by atoms with van der Waals surface area (Å²) < 4.78 is 27.7. The molecule has 3 rings (SSSR count). The predicted octanol–water partition coefficient (Wildman–Crippen LogP) is 3.64. The SMILES string of the molecule is CC1CC(=O)Nc2cc(S(=O)(=O)NCc3ccccc3Cl)ccc2S1. The van der Waals surface area contributed by atoms with Gasteiger partial charge in [0.15, 0.2) is 0 Å². The smallest absolute Gasteiger partial charge is 0.240 e. The summed E-state index contributed by atoms with van der Waals surface area (Å²) in [5, 5.41) is 3.42. The molecule has 1 amide bonds. The molecule has 2 aromatic carbocycles. The third kappa shape index (κ3) is 4.36. The normalized spacial score (nSPS) is 17.5. The number of carbonyl (C=O) groups is 1. The van der Waals surface area contributed by atoms with Gasteiger partial charge in [-0.3, -0.25) is 4.79 Å². The van der Waals surface area contributed by atoms with Crippen LogP contribution in [-0.4, -0.2) is 19.6 Å². The number of anilines is 1. The van der Waals surface area contributed by atoms with Crippen LogP contribution in [0.4, 0.5) is 5.69 Å². The van der Waals surface area contributed by atoms with Crippen molar-refractivity contribution in [2.45, 2.75) is 34.9 Å². The van der Waals surface area contributed by atoms with E-state index in [0.717, 1.165) is 4.90 Å². The lowest BCUT2D eigenvalue weighted by Crippen LogP contribution is -2.23. The van der Waals surface area contributed by atoms with E-state index in [2.05, 4.69) is 10.0 Å². The van der Waals surface area contributed by atoms with Gasteiger partial charge in [-0.05, 0) is 29.8 Å². The van der Waals surface area contributed by atoms with Crippen molar-refractivity contribution in [2.75, 3.05) is 5.32 Å². The van der Waals surface area contributed by atoms with E-state index in [-0.39, 0.29) is 22.6 Å². The second kappa shape index (κ2) is 7.37. The van der Waals surface area contributed by atoms with Gasteiger partial charge in [-0.15, -0.1) is 11.8 Å². The number of halogens is 1. The van der Waals surface area contributed by atoms with Crippen LogP contribution in [0.1, 0.15) is 18.9 Å². The van der Waals surface area contributed by atoms with Crippen molar-refractivity contribution in [1.29, 1.82) is 0 Å². The Morgan fingerprint density at radius 3 is 2.80 bits per heavy atom. The summed E-state index contributed by atoms with van der Waals surface area (Å²) in [6.45, 7) is 2.06. The van der Waals surface area contributed by atoms with Crippen LogP contribution in [0, 0.1) is 0 Å². The van der Waals surface area contributed by atoms with Gasteiger partial charge in [-0.25, -0.2) is 13.1 Å². The molecule has 0 aliphatic carbocycles. The third-order valence-electron chi connectivity index (χ3n) is 3.75. The lowest BCUT2D eigenvalue weighted by atomic mass is 10.2. The van der Waals surface area contributed by atoms with Crippen LogP contribution in [0.2, 0.25) is 5.02 Å². The highest BCUT2D eigenvalue weighted by molar-refractivity contribution is 8.00. The zero-order chi connectivity index (χ0) is 18.0. The first-order chi connectivity index (χ1) is 11.8. The number of sulfonamides is 1. The first kappa shape index (κ1) is 18.3. The molecule has 1 heterocycles. The van der Waals surface area contributed by atoms with Gasteiger partial charge in [-0.1, -0.05) is 36.7 Å². The van der Waals surface area contributed by atoms with Crippen LogP contribution in [0.5, 0.6) is 0 Å². The van der Waals surface area contributed by atoms with Crippen molar-refractivity contribution in [3.05, 3.63) is 53.1 Å². The Bertz CT molecular complexity index is 916. The summed E-state index contributed by atoms with van der Waals surface area (Å²) in [4.78, 5) is 12.8. The molecule has 0 spiro atoms. The molecule has 0 saturated heterocycles. The molecule has 1 aliphatic heterocycles. The molecule has 8 heteroatoms. The topological polar surface area (TPSA) is 75.3 Å².